The average Bonchev–Trinajstić information content (AvgIpc) is 2.29. The molecule has 1 atom stereocenters. The van der Waals surface area contributed by atoms with E-state index in [9.17, 15) is 4.79 Å². The van der Waals surface area contributed by atoms with Gasteiger partial charge in [0.05, 0.1) is 6.04 Å². The van der Waals surface area contributed by atoms with Crippen molar-refractivity contribution in [3.63, 3.8) is 0 Å². The van der Waals surface area contributed by atoms with E-state index in [2.05, 4.69) is 27.9 Å². The summed E-state index contributed by atoms with van der Waals surface area (Å²) in [6, 6.07) is 7.22. The molecule has 0 saturated heterocycles. The van der Waals surface area contributed by atoms with Crippen LogP contribution in [0.25, 0.3) is 0 Å². The number of nitrogens with one attached hydrogen (secondary N) is 1. The van der Waals surface area contributed by atoms with Crippen LogP contribution in [0.15, 0.2) is 24.3 Å². The molecule has 0 bridgehead atoms. The summed E-state index contributed by atoms with van der Waals surface area (Å²) in [7, 11) is 0. The topological polar surface area (TPSA) is 55.1 Å². The number of carbonyl (C=O) groups is 1. The van der Waals surface area contributed by atoms with Gasteiger partial charge in [-0.15, -0.1) is 12.4 Å². The second-order valence-corrected chi connectivity index (χ2v) is 5.62. The molecule has 0 saturated carbocycles. The van der Waals surface area contributed by atoms with Gasteiger partial charge in [-0.2, -0.15) is 11.8 Å². The number of carbonyl (C=O) groups excluding carboxylic acids is 1. The summed E-state index contributed by atoms with van der Waals surface area (Å²) in [5, 5.41) is 2.80. The molecule has 1 aromatic rings. The Kier molecular flexibility index (Phi) is 9.03. The number of hydrogen-bond acceptors (Lipinski definition) is 3. The Morgan fingerprint density at radius 2 is 2.06 bits per heavy atom. The van der Waals surface area contributed by atoms with E-state index in [0.29, 0.717) is 6.42 Å². The normalized spacial score (nSPS) is 11.5. The lowest BCUT2D eigenvalue weighted by Crippen LogP contribution is -2.36. The first kappa shape index (κ1) is 17.0. The van der Waals surface area contributed by atoms with Crippen LogP contribution in [0.5, 0.6) is 0 Å². The third-order valence-corrected chi connectivity index (χ3v) is 3.44. The van der Waals surface area contributed by atoms with Crippen LogP contribution in [0.3, 0.4) is 0 Å². The van der Waals surface area contributed by atoms with E-state index >= 15 is 0 Å². The predicted molar refractivity (Wildman–Crippen MR) is 86.0 cm³/mol. The van der Waals surface area contributed by atoms with Gasteiger partial charge in [0, 0.05) is 9.26 Å². The molecule has 0 heterocycles. The quantitative estimate of drug-likeness (QED) is 0.765. The van der Waals surface area contributed by atoms with Crippen molar-refractivity contribution in [2.45, 2.75) is 12.5 Å². The average molecular weight is 387 g/mol. The molecule has 17 heavy (non-hydrogen) atoms. The number of benzene rings is 1. The van der Waals surface area contributed by atoms with E-state index in [1.807, 2.05) is 30.5 Å². The Morgan fingerprint density at radius 3 is 2.59 bits per heavy atom. The van der Waals surface area contributed by atoms with Gasteiger partial charge in [0.2, 0.25) is 5.91 Å². The van der Waals surface area contributed by atoms with Crippen molar-refractivity contribution in [2.24, 2.45) is 5.73 Å². The molecule has 96 valence electrons. The lowest BCUT2D eigenvalue weighted by atomic mass is 10.2. The number of amides is 1. The van der Waals surface area contributed by atoms with Gasteiger partial charge in [-0.1, -0.05) is 0 Å². The van der Waals surface area contributed by atoms with Crippen molar-refractivity contribution < 1.29 is 4.79 Å². The maximum Gasteiger partial charge on any atom is 0.241 e. The minimum Gasteiger partial charge on any atom is -0.325 e. The monoisotopic (exact) mass is 386 g/mol. The highest BCUT2D eigenvalue weighted by Crippen LogP contribution is 2.11. The van der Waals surface area contributed by atoms with E-state index in [-0.39, 0.29) is 18.3 Å². The molecule has 0 aliphatic heterocycles. The van der Waals surface area contributed by atoms with E-state index < -0.39 is 6.04 Å². The number of hydrogen-bond donors (Lipinski definition) is 2. The molecule has 1 rings (SSSR count). The Balaban J connectivity index is 0.00000256. The third-order valence-electron chi connectivity index (χ3n) is 2.08. The second-order valence-electron chi connectivity index (χ2n) is 3.38. The fourth-order valence-electron chi connectivity index (χ4n) is 1.14. The zero-order chi connectivity index (χ0) is 12.0. The van der Waals surface area contributed by atoms with Gasteiger partial charge in [0.25, 0.3) is 0 Å². The van der Waals surface area contributed by atoms with Crippen molar-refractivity contribution in [1.29, 1.82) is 0 Å². The number of thioether (sulfide) groups is 1. The summed E-state index contributed by atoms with van der Waals surface area (Å²) in [5.74, 6) is 0.789. The van der Waals surface area contributed by atoms with E-state index in [1.165, 1.54) is 0 Å². The first-order valence-electron chi connectivity index (χ1n) is 4.94. The highest BCUT2D eigenvalue weighted by Gasteiger charge is 2.12. The van der Waals surface area contributed by atoms with Crippen LogP contribution in [0.2, 0.25) is 0 Å². The number of anilines is 1. The Labute approximate surface area is 126 Å². The van der Waals surface area contributed by atoms with Crippen LogP contribution in [-0.2, 0) is 4.79 Å². The molecule has 0 fully saturated rings. The fraction of sp³-hybridized carbons (Fsp3) is 0.364. The van der Waals surface area contributed by atoms with Crippen molar-refractivity contribution in [3.05, 3.63) is 27.8 Å². The fourth-order valence-corrected chi connectivity index (χ4v) is 1.99. The Hall–Kier alpha value is 0.0200. The van der Waals surface area contributed by atoms with Crippen molar-refractivity contribution in [1.82, 2.24) is 0 Å². The molecule has 0 aromatic heterocycles. The Bertz CT molecular complexity index is 348. The van der Waals surface area contributed by atoms with Crippen molar-refractivity contribution >= 4 is 58.4 Å². The molecular weight excluding hydrogens is 371 g/mol. The first-order valence-corrected chi connectivity index (χ1v) is 7.41. The molecule has 0 spiro atoms. The molecular formula is C11H16ClIN2OS. The first-order chi connectivity index (χ1) is 7.63. The molecule has 6 heteroatoms. The molecule has 1 aromatic carbocycles. The lowest BCUT2D eigenvalue weighted by molar-refractivity contribution is -0.117. The molecule has 3 nitrogen and oxygen atoms in total. The highest BCUT2D eigenvalue weighted by molar-refractivity contribution is 14.1. The van der Waals surface area contributed by atoms with Gasteiger partial charge in [0.1, 0.15) is 0 Å². The summed E-state index contributed by atoms with van der Waals surface area (Å²) >= 11 is 3.92. The van der Waals surface area contributed by atoms with E-state index in [0.717, 1.165) is 15.0 Å². The van der Waals surface area contributed by atoms with Crippen LogP contribution in [0.1, 0.15) is 6.42 Å². The van der Waals surface area contributed by atoms with E-state index in [4.69, 9.17) is 5.73 Å². The minimum atomic E-state index is -0.424. The van der Waals surface area contributed by atoms with Crippen LogP contribution in [-0.4, -0.2) is 24.0 Å². The molecule has 1 amide bonds. The smallest absolute Gasteiger partial charge is 0.241 e. The number of rotatable bonds is 5. The van der Waals surface area contributed by atoms with Crippen LogP contribution < -0.4 is 11.1 Å². The highest BCUT2D eigenvalue weighted by atomic mass is 127. The van der Waals surface area contributed by atoms with E-state index in [1.54, 1.807) is 11.8 Å². The molecule has 0 aliphatic carbocycles. The van der Waals surface area contributed by atoms with Crippen LogP contribution in [0, 0.1) is 3.57 Å². The van der Waals surface area contributed by atoms with Gasteiger partial charge in [-0.05, 0) is 65.3 Å². The number of nitrogens with two attached hydrogens (primary N) is 1. The standard InChI is InChI=1S/C11H15IN2OS.ClH/c1-16-7-6-10(13)11(15)14-9-4-2-8(12)3-5-9;/h2-5,10H,6-7,13H2,1H3,(H,14,15);1H/t10-;/m0./s1. The maximum absolute atomic E-state index is 11.7. The maximum atomic E-state index is 11.7. The SMILES string of the molecule is CSCC[C@H](N)C(=O)Nc1ccc(I)cc1.Cl. The predicted octanol–water partition coefficient (Wildman–Crippen LogP) is 2.73. The van der Waals surface area contributed by atoms with Gasteiger partial charge in [0.15, 0.2) is 0 Å². The third kappa shape index (κ3) is 6.49. The zero-order valence-corrected chi connectivity index (χ0v) is 13.3. The lowest BCUT2D eigenvalue weighted by Gasteiger charge is -2.11. The summed E-state index contributed by atoms with van der Waals surface area (Å²) in [5.41, 5.74) is 6.55. The van der Waals surface area contributed by atoms with Gasteiger partial charge in [-0.25, -0.2) is 0 Å². The summed E-state index contributed by atoms with van der Waals surface area (Å²) in [6.07, 6.45) is 2.71. The molecule has 0 aliphatic rings. The molecule has 3 N–H and O–H groups in total. The van der Waals surface area contributed by atoms with Crippen LogP contribution >= 0.6 is 46.8 Å². The molecule has 0 radical (unpaired) electrons. The van der Waals surface area contributed by atoms with Gasteiger partial charge >= 0.3 is 0 Å². The zero-order valence-electron chi connectivity index (χ0n) is 9.48. The van der Waals surface area contributed by atoms with Crippen molar-refractivity contribution in [2.75, 3.05) is 17.3 Å². The van der Waals surface area contributed by atoms with Gasteiger partial charge in [-0.3, -0.25) is 4.79 Å². The summed E-state index contributed by atoms with van der Waals surface area (Å²) < 4.78 is 1.14. The van der Waals surface area contributed by atoms with Gasteiger partial charge < -0.3 is 11.1 Å². The Morgan fingerprint density at radius 1 is 1.47 bits per heavy atom. The number of halogens is 2. The summed E-state index contributed by atoms with van der Waals surface area (Å²) in [6.45, 7) is 0. The van der Waals surface area contributed by atoms with Crippen molar-refractivity contribution in [3.8, 4) is 0 Å². The van der Waals surface area contributed by atoms with Crippen LogP contribution in [0.4, 0.5) is 5.69 Å². The largest absolute Gasteiger partial charge is 0.325 e. The minimum absolute atomic E-state index is 0. The summed E-state index contributed by atoms with van der Waals surface area (Å²) in [4.78, 5) is 11.7. The second kappa shape index (κ2) is 9.02. The molecule has 0 unspecified atom stereocenters.